The number of aryl methyl sites for hydroxylation is 1. The van der Waals surface area contributed by atoms with Gasteiger partial charge >= 0.3 is 0 Å². The Kier molecular flexibility index (Phi) is 2.57. The van der Waals surface area contributed by atoms with Crippen molar-refractivity contribution < 1.29 is 4.79 Å². The van der Waals surface area contributed by atoms with Crippen molar-refractivity contribution in [2.75, 3.05) is 0 Å². The van der Waals surface area contributed by atoms with Crippen molar-refractivity contribution in [3.63, 3.8) is 0 Å². The van der Waals surface area contributed by atoms with Crippen LogP contribution in [-0.4, -0.2) is 33.4 Å². The van der Waals surface area contributed by atoms with E-state index < -0.39 is 0 Å². The molecule has 2 aliphatic rings. The van der Waals surface area contributed by atoms with E-state index in [0.717, 1.165) is 17.8 Å². The zero-order valence-electron chi connectivity index (χ0n) is 11.5. The summed E-state index contributed by atoms with van der Waals surface area (Å²) in [5.74, 6) is 0.0117. The van der Waals surface area contributed by atoms with E-state index in [1.165, 1.54) is 12.8 Å². The monoisotopic (exact) mass is 270 g/mol. The van der Waals surface area contributed by atoms with Crippen LogP contribution in [0.5, 0.6) is 0 Å². The average Bonchev–Trinajstić information content (AvgIpc) is 3.10. The molecule has 0 aliphatic carbocycles. The van der Waals surface area contributed by atoms with Gasteiger partial charge in [-0.3, -0.25) is 4.79 Å². The molecule has 2 saturated heterocycles. The molecule has 2 aliphatic heterocycles. The minimum atomic E-state index is 0.0117. The highest BCUT2D eigenvalue weighted by molar-refractivity contribution is 5.94. The molecule has 2 N–H and O–H groups in total. The van der Waals surface area contributed by atoms with Crippen LogP contribution in [0.15, 0.2) is 24.5 Å². The molecule has 0 saturated carbocycles. The van der Waals surface area contributed by atoms with Crippen molar-refractivity contribution in [2.24, 2.45) is 0 Å². The number of amides is 1. The summed E-state index contributed by atoms with van der Waals surface area (Å²) in [5, 5.41) is 6.70. The number of carbonyl (C=O) groups excluding carboxylic acids is 1. The van der Waals surface area contributed by atoms with Crippen LogP contribution in [0.2, 0.25) is 0 Å². The van der Waals surface area contributed by atoms with Crippen molar-refractivity contribution in [1.82, 2.24) is 20.0 Å². The van der Waals surface area contributed by atoms with Crippen molar-refractivity contribution >= 4 is 11.6 Å². The molecule has 2 aromatic heterocycles. The second kappa shape index (κ2) is 4.31. The Morgan fingerprint density at radius 1 is 1.40 bits per heavy atom. The van der Waals surface area contributed by atoms with Gasteiger partial charge in [0.2, 0.25) is 0 Å². The van der Waals surface area contributed by atoms with E-state index in [2.05, 4.69) is 15.6 Å². The van der Waals surface area contributed by atoms with E-state index in [-0.39, 0.29) is 11.9 Å². The summed E-state index contributed by atoms with van der Waals surface area (Å²) in [7, 11) is 0. The normalized spacial score (nSPS) is 28.1. The molecule has 0 radical (unpaired) electrons. The maximum atomic E-state index is 12.4. The predicted octanol–water partition coefficient (Wildman–Crippen LogP) is 1.27. The lowest BCUT2D eigenvalue weighted by atomic mass is 9.95. The minimum absolute atomic E-state index is 0.0117. The molecule has 1 amide bonds. The van der Waals surface area contributed by atoms with Crippen molar-refractivity contribution in [3.8, 4) is 0 Å². The van der Waals surface area contributed by atoms with Gasteiger partial charge in [0.15, 0.2) is 0 Å². The molecular formula is C15H18N4O. The molecular weight excluding hydrogens is 252 g/mol. The van der Waals surface area contributed by atoms with Gasteiger partial charge in [0.1, 0.15) is 5.65 Å². The Morgan fingerprint density at radius 2 is 2.30 bits per heavy atom. The smallest absolute Gasteiger partial charge is 0.253 e. The van der Waals surface area contributed by atoms with Gasteiger partial charge in [0, 0.05) is 30.5 Å². The van der Waals surface area contributed by atoms with Crippen molar-refractivity contribution in [3.05, 3.63) is 35.8 Å². The van der Waals surface area contributed by atoms with Crippen molar-refractivity contribution in [2.45, 2.75) is 44.3 Å². The van der Waals surface area contributed by atoms with Crippen LogP contribution in [0.1, 0.15) is 35.3 Å². The Labute approximate surface area is 117 Å². The lowest BCUT2D eigenvalue weighted by molar-refractivity contribution is 0.0930. The standard InChI is InChI=1S/C15H18N4O/c1-9-7-19-8-10(2-5-14(19)16-9)15(20)18-13-6-11-3-4-12(13)17-11/h2,5,7-8,11-13,17H,3-4,6H2,1H3,(H,18,20)/t11-,12+,13-/m1/s1. The molecule has 4 rings (SSSR count). The summed E-state index contributed by atoms with van der Waals surface area (Å²) in [6.07, 6.45) is 7.27. The lowest BCUT2D eigenvalue weighted by Gasteiger charge is -2.21. The number of rotatable bonds is 2. The second-order valence-corrected chi connectivity index (χ2v) is 5.93. The third-order valence-corrected chi connectivity index (χ3v) is 4.45. The van der Waals surface area contributed by atoms with Crippen LogP contribution in [0.25, 0.3) is 5.65 Å². The molecule has 2 bridgehead atoms. The van der Waals surface area contributed by atoms with Crippen LogP contribution in [0.3, 0.4) is 0 Å². The molecule has 2 aromatic rings. The zero-order valence-corrected chi connectivity index (χ0v) is 11.5. The summed E-state index contributed by atoms with van der Waals surface area (Å²) in [6.45, 7) is 1.95. The maximum Gasteiger partial charge on any atom is 0.253 e. The first-order valence-electron chi connectivity index (χ1n) is 7.21. The molecule has 20 heavy (non-hydrogen) atoms. The van der Waals surface area contributed by atoms with E-state index in [1.54, 1.807) is 0 Å². The molecule has 104 valence electrons. The number of aromatic nitrogens is 2. The Hall–Kier alpha value is -1.88. The summed E-state index contributed by atoms with van der Waals surface area (Å²) in [6, 6.07) is 5.08. The first kappa shape index (κ1) is 11.9. The molecule has 0 aromatic carbocycles. The van der Waals surface area contributed by atoms with Crippen molar-refractivity contribution in [1.29, 1.82) is 0 Å². The Morgan fingerprint density at radius 3 is 3.05 bits per heavy atom. The predicted molar refractivity (Wildman–Crippen MR) is 75.7 cm³/mol. The second-order valence-electron chi connectivity index (χ2n) is 5.93. The van der Waals surface area contributed by atoms with Gasteiger partial charge < -0.3 is 15.0 Å². The third-order valence-electron chi connectivity index (χ3n) is 4.45. The molecule has 2 fully saturated rings. The van der Waals surface area contributed by atoms with Gasteiger partial charge in [-0.15, -0.1) is 0 Å². The van der Waals surface area contributed by atoms with E-state index in [1.807, 2.05) is 35.9 Å². The van der Waals surface area contributed by atoms with E-state index in [9.17, 15) is 4.79 Å². The van der Waals surface area contributed by atoms with Gasteiger partial charge in [0.25, 0.3) is 5.91 Å². The number of fused-ring (bicyclic) bond motifs is 3. The molecule has 0 spiro atoms. The highest BCUT2D eigenvalue weighted by Crippen LogP contribution is 2.28. The Balaban J connectivity index is 1.54. The topological polar surface area (TPSA) is 58.4 Å². The summed E-state index contributed by atoms with van der Waals surface area (Å²) in [4.78, 5) is 16.7. The molecule has 3 atom stereocenters. The zero-order chi connectivity index (χ0) is 13.7. The fourth-order valence-corrected chi connectivity index (χ4v) is 3.49. The van der Waals surface area contributed by atoms with Gasteiger partial charge in [-0.2, -0.15) is 0 Å². The van der Waals surface area contributed by atoms with Crippen LogP contribution in [-0.2, 0) is 0 Å². The molecule has 0 unspecified atom stereocenters. The highest BCUT2D eigenvalue weighted by atomic mass is 16.1. The molecule has 5 heteroatoms. The number of carbonyl (C=O) groups is 1. The summed E-state index contributed by atoms with van der Waals surface area (Å²) in [5.41, 5.74) is 2.53. The van der Waals surface area contributed by atoms with E-state index >= 15 is 0 Å². The first-order valence-corrected chi connectivity index (χ1v) is 7.21. The van der Waals surface area contributed by atoms with Gasteiger partial charge in [-0.1, -0.05) is 0 Å². The maximum absolute atomic E-state index is 12.4. The largest absolute Gasteiger partial charge is 0.348 e. The van der Waals surface area contributed by atoms with Crippen LogP contribution in [0, 0.1) is 6.92 Å². The summed E-state index contributed by atoms with van der Waals surface area (Å²) < 4.78 is 1.91. The van der Waals surface area contributed by atoms with Crippen LogP contribution >= 0.6 is 0 Å². The highest BCUT2D eigenvalue weighted by Gasteiger charge is 2.39. The van der Waals surface area contributed by atoms with E-state index in [4.69, 9.17) is 0 Å². The minimum Gasteiger partial charge on any atom is -0.348 e. The number of pyridine rings is 1. The SMILES string of the molecule is Cc1cn2cc(C(=O)N[C@@H]3C[C@H]4CC[C@@H]3N4)ccc2n1. The number of nitrogens with one attached hydrogen (secondary N) is 2. The van der Waals surface area contributed by atoms with Crippen LogP contribution < -0.4 is 10.6 Å². The van der Waals surface area contributed by atoms with E-state index in [0.29, 0.717) is 17.6 Å². The summed E-state index contributed by atoms with van der Waals surface area (Å²) >= 11 is 0. The molecule has 4 heterocycles. The number of hydrogen-bond donors (Lipinski definition) is 2. The quantitative estimate of drug-likeness (QED) is 0.864. The molecule has 5 nitrogen and oxygen atoms in total. The fourth-order valence-electron chi connectivity index (χ4n) is 3.49. The fraction of sp³-hybridized carbons (Fsp3) is 0.467. The first-order chi connectivity index (χ1) is 9.69. The van der Waals surface area contributed by atoms with Gasteiger partial charge in [-0.05, 0) is 38.3 Å². The third kappa shape index (κ3) is 1.89. The number of nitrogens with zero attached hydrogens (tertiary/aromatic N) is 2. The van der Waals surface area contributed by atoms with Gasteiger partial charge in [-0.25, -0.2) is 4.98 Å². The van der Waals surface area contributed by atoms with Gasteiger partial charge in [0.05, 0.1) is 11.3 Å². The average molecular weight is 270 g/mol. The van der Waals surface area contributed by atoms with Crippen LogP contribution in [0.4, 0.5) is 0 Å². The Bertz CT molecular complexity index is 678. The lowest BCUT2D eigenvalue weighted by Crippen LogP contribution is -2.42. The number of imidazole rings is 1. The number of hydrogen-bond acceptors (Lipinski definition) is 3.